The minimum atomic E-state index is 0.750. The van der Waals surface area contributed by atoms with Crippen molar-refractivity contribution in [1.29, 1.82) is 0 Å². The third-order valence-corrected chi connectivity index (χ3v) is 0.696. The van der Waals surface area contributed by atoms with Crippen molar-refractivity contribution in [3.63, 3.8) is 0 Å². The smallest absolute Gasteiger partial charge is 0.142 e. The third-order valence-electron chi connectivity index (χ3n) is 0.696. The van der Waals surface area contributed by atoms with Crippen LogP contribution in [-0.2, 0) is 4.79 Å². The third kappa shape index (κ3) is 6.69. The maximum atomic E-state index is 9.32. The quantitative estimate of drug-likeness (QED) is 0.439. The molecule has 0 bridgehead atoms. The summed E-state index contributed by atoms with van der Waals surface area (Å²) < 4.78 is 4.58. The van der Waals surface area contributed by atoms with Crippen molar-refractivity contribution in [2.45, 2.75) is 6.92 Å². The van der Waals surface area contributed by atoms with Gasteiger partial charge in [-0.1, -0.05) is 6.08 Å². The van der Waals surface area contributed by atoms with Crippen molar-refractivity contribution in [2.75, 3.05) is 0 Å². The van der Waals surface area contributed by atoms with Crippen LogP contribution in [0.3, 0.4) is 0 Å². The van der Waals surface area contributed by atoms with Gasteiger partial charge < -0.3 is 4.42 Å². The molecule has 0 saturated heterocycles. The van der Waals surface area contributed by atoms with Crippen LogP contribution in [0.4, 0.5) is 0 Å². The van der Waals surface area contributed by atoms with Crippen molar-refractivity contribution in [3.8, 4) is 0 Å². The van der Waals surface area contributed by atoms with Gasteiger partial charge in [0.25, 0.3) is 0 Å². The first-order valence-electron chi connectivity index (χ1n) is 2.95. The Balaban J connectivity index is 0.000000162. The molecule has 0 amide bonds. The van der Waals surface area contributed by atoms with Crippen molar-refractivity contribution in [2.24, 2.45) is 0 Å². The molecule has 10 heavy (non-hydrogen) atoms. The first-order chi connectivity index (χ1) is 4.91. The highest BCUT2D eigenvalue weighted by Crippen LogP contribution is 1.79. The molecule has 1 heterocycles. The highest BCUT2D eigenvalue weighted by atomic mass is 16.3. The van der Waals surface area contributed by atoms with E-state index < -0.39 is 0 Å². The van der Waals surface area contributed by atoms with Crippen LogP contribution in [0.1, 0.15) is 6.92 Å². The predicted octanol–water partition coefficient (Wildman–Crippen LogP) is 2.04. The normalized spacial score (nSPS) is 8.50. The summed E-state index contributed by atoms with van der Waals surface area (Å²) in [4.78, 5) is 9.32. The van der Waals surface area contributed by atoms with Gasteiger partial charge in [-0.15, -0.1) is 0 Å². The summed E-state index contributed by atoms with van der Waals surface area (Å²) >= 11 is 0. The van der Waals surface area contributed by atoms with Crippen molar-refractivity contribution in [1.82, 2.24) is 0 Å². The van der Waals surface area contributed by atoms with E-state index >= 15 is 0 Å². The molecule has 0 radical (unpaired) electrons. The van der Waals surface area contributed by atoms with Gasteiger partial charge in [-0.25, -0.2) is 0 Å². The molecular weight excluding hydrogens is 128 g/mol. The molecule has 0 saturated carbocycles. The van der Waals surface area contributed by atoms with Gasteiger partial charge in [0.15, 0.2) is 0 Å². The zero-order valence-corrected chi connectivity index (χ0v) is 5.86. The minimum Gasteiger partial charge on any atom is -0.473 e. The van der Waals surface area contributed by atoms with Gasteiger partial charge >= 0.3 is 0 Å². The average Bonchev–Trinajstić information content (AvgIpc) is 2.44. The fraction of sp³-hybridized carbons (Fsp3) is 0.125. The summed E-state index contributed by atoms with van der Waals surface area (Å²) in [6, 6.07) is 3.67. The van der Waals surface area contributed by atoms with Crippen LogP contribution in [0.2, 0.25) is 0 Å². The Kier molecular flexibility index (Phi) is 6.68. The summed E-state index contributed by atoms with van der Waals surface area (Å²) in [6.07, 6.45) is 7.13. The Labute approximate surface area is 60.2 Å². The van der Waals surface area contributed by atoms with Crippen LogP contribution in [0.5, 0.6) is 0 Å². The number of aldehydes is 1. The lowest BCUT2D eigenvalue weighted by Crippen LogP contribution is -1.50. The van der Waals surface area contributed by atoms with Crippen molar-refractivity contribution in [3.05, 3.63) is 36.8 Å². The molecule has 54 valence electrons. The van der Waals surface area contributed by atoms with E-state index in [2.05, 4.69) is 4.42 Å². The number of furan rings is 1. The fourth-order valence-electron chi connectivity index (χ4n) is 0.305. The standard InChI is InChI=1S/C4H4O.C4H6O/c1-2-4-5-3-1;1-2-3-4-5/h1-4H;2-4H,1H3/b;3-2+. The van der Waals surface area contributed by atoms with Crippen LogP contribution in [0.15, 0.2) is 41.2 Å². The largest absolute Gasteiger partial charge is 0.473 e. The van der Waals surface area contributed by atoms with Gasteiger partial charge in [0.2, 0.25) is 0 Å². The van der Waals surface area contributed by atoms with E-state index in [1.54, 1.807) is 25.5 Å². The number of hydrogen-bond acceptors (Lipinski definition) is 2. The van der Waals surface area contributed by atoms with Gasteiger partial charge in [-0.2, -0.15) is 0 Å². The molecule has 0 aromatic carbocycles. The number of carbonyl (C=O) groups excluding carboxylic acids is 1. The average molecular weight is 138 g/mol. The van der Waals surface area contributed by atoms with E-state index in [9.17, 15) is 4.79 Å². The molecule has 2 heteroatoms. The molecule has 0 aliphatic carbocycles. The number of hydrogen-bond donors (Lipinski definition) is 0. The molecule has 0 fully saturated rings. The Morgan fingerprint density at radius 2 is 1.90 bits per heavy atom. The van der Waals surface area contributed by atoms with Gasteiger partial charge in [-0.05, 0) is 25.1 Å². The maximum Gasteiger partial charge on any atom is 0.142 e. The van der Waals surface area contributed by atoms with Crippen molar-refractivity contribution < 1.29 is 9.21 Å². The lowest BCUT2D eigenvalue weighted by Gasteiger charge is -1.51. The molecule has 0 spiro atoms. The summed E-state index contributed by atoms with van der Waals surface area (Å²) in [5.41, 5.74) is 0. The second-order valence-electron chi connectivity index (χ2n) is 1.46. The van der Waals surface area contributed by atoms with Gasteiger partial charge in [0.1, 0.15) is 6.29 Å². The summed E-state index contributed by atoms with van der Waals surface area (Å²) in [5, 5.41) is 0. The second-order valence-corrected chi connectivity index (χ2v) is 1.46. The molecule has 1 aromatic rings. The van der Waals surface area contributed by atoms with E-state index in [1.807, 2.05) is 12.1 Å². The zero-order chi connectivity index (χ0) is 7.66. The predicted molar refractivity (Wildman–Crippen MR) is 39.6 cm³/mol. The first-order valence-corrected chi connectivity index (χ1v) is 2.95. The zero-order valence-electron chi connectivity index (χ0n) is 5.86. The number of allylic oxidation sites excluding steroid dienone is 2. The van der Waals surface area contributed by atoms with Crippen LogP contribution >= 0.6 is 0 Å². The summed E-state index contributed by atoms with van der Waals surface area (Å²) in [6.45, 7) is 1.80. The number of rotatable bonds is 1. The van der Waals surface area contributed by atoms with E-state index in [0.717, 1.165) is 6.29 Å². The topological polar surface area (TPSA) is 30.2 Å². The second kappa shape index (κ2) is 7.69. The molecule has 1 aromatic heterocycles. The molecule has 1 rings (SSSR count). The summed E-state index contributed by atoms with van der Waals surface area (Å²) in [7, 11) is 0. The maximum absolute atomic E-state index is 9.32. The minimum absolute atomic E-state index is 0.750. The van der Waals surface area contributed by atoms with Crippen LogP contribution in [0, 0.1) is 0 Å². The SMILES string of the molecule is C/C=C/C=O.c1ccoc1. The van der Waals surface area contributed by atoms with Crippen LogP contribution in [-0.4, -0.2) is 6.29 Å². The van der Waals surface area contributed by atoms with Crippen LogP contribution in [0.25, 0.3) is 0 Å². The lowest BCUT2D eigenvalue weighted by molar-refractivity contribution is -0.104. The van der Waals surface area contributed by atoms with Crippen molar-refractivity contribution >= 4 is 6.29 Å². The van der Waals surface area contributed by atoms with Crippen LogP contribution < -0.4 is 0 Å². The monoisotopic (exact) mass is 138 g/mol. The Bertz CT molecular complexity index is 146. The van der Waals surface area contributed by atoms with Gasteiger partial charge in [0, 0.05) is 0 Å². The Morgan fingerprint density at radius 3 is 2.00 bits per heavy atom. The molecule has 0 unspecified atom stereocenters. The summed E-state index contributed by atoms with van der Waals surface area (Å²) in [5.74, 6) is 0. The van der Waals surface area contributed by atoms with Gasteiger partial charge in [-0.3, -0.25) is 4.79 Å². The highest BCUT2D eigenvalue weighted by molar-refractivity contribution is 5.64. The number of carbonyl (C=O) groups is 1. The van der Waals surface area contributed by atoms with E-state index in [1.165, 1.54) is 6.08 Å². The molecular formula is C8H10O2. The lowest BCUT2D eigenvalue weighted by atomic mass is 10.6. The first kappa shape index (κ1) is 8.69. The van der Waals surface area contributed by atoms with E-state index in [4.69, 9.17) is 0 Å². The molecule has 0 N–H and O–H groups in total. The van der Waals surface area contributed by atoms with E-state index in [-0.39, 0.29) is 0 Å². The molecule has 0 aliphatic heterocycles. The Hall–Kier alpha value is -1.31. The highest BCUT2D eigenvalue weighted by Gasteiger charge is 1.58. The van der Waals surface area contributed by atoms with E-state index in [0.29, 0.717) is 0 Å². The Morgan fingerprint density at radius 1 is 1.30 bits per heavy atom. The molecule has 2 nitrogen and oxygen atoms in total. The fourth-order valence-corrected chi connectivity index (χ4v) is 0.305. The molecule has 0 aliphatic rings. The van der Waals surface area contributed by atoms with Gasteiger partial charge in [0.05, 0.1) is 12.5 Å². The molecule has 0 atom stereocenters.